The predicted octanol–water partition coefficient (Wildman–Crippen LogP) is -0.327. The summed E-state index contributed by atoms with van der Waals surface area (Å²) in [4.78, 5) is 13.0. The Bertz CT molecular complexity index is 160. The van der Waals surface area contributed by atoms with Crippen LogP contribution in [0.3, 0.4) is 0 Å². The van der Waals surface area contributed by atoms with E-state index in [0.29, 0.717) is 19.6 Å². The molecule has 0 bridgehead atoms. The zero-order chi connectivity index (χ0) is 11.0. The van der Waals surface area contributed by atoms with Gasteiger partial charge in [-0.05, 0) is 14.0 Å². The topological polar surface area (TPSA) is 50.8 Å². The molecule has 0 fully saturated rings. The summed E-state index contributed by atoms with van der Waals surface area (Å²) in [6, 6.07) is 0. The van der Waals surface area contributed by atoms with Gasteiger partial charge in [0.05, 0.1) is 6.54 Å². The molecule has 1 amide bonds. The van der Waals surface area contributed by atoms with E-state index in [-0.39, 0.29) is 12.2 Å². The van der Waals surface area contributed by atoms with E-state index in [1.165, 1.54) is 0 Å². The Kier molecular flexibility index (Phi) is 7.37. The van der Waals surface area contributed by atoms with Gasteiger partial charge >= 0.3 is 0 Å². The first kappa shape index (κ1) is 13.4. The molecule has 0 aliphatic heterocycles. The summed E-state index contributed by atoms with van der Waals surface area (Å²) in [5.41, 5.74) is 0. The molecule has 14 heavy (non-hydrogen) atoms. The largest absolute Gasteiger partial charge is 0.355 e. The van der Waals surface area contributed by atoms with Gasteiger partial charge in [-0.15, -0.1) is 0 Å². The summed E-state index contributed by atoms with van der Waals surface area (Å²) in [5, 5.41) is 2.72. The fourth-order valence-corrected chi connectivity index (χ4v) is 1.06. The summed E-state index contributed by atoms with van der Waals surface area (Å²) in [6.45, 7) is 3.48. The molecule has 0 unspecified atom stereocenters. The Labute approximate surface area is 85.4 Å². The van der Waals surface area contributed by atoms with Crippen LogP contribution in [-0.4, -0.2) is 58.0 Å². The molecule has 0 aliphatic rings. The lowest BCUT2D eigenvalue weighted by atomic mass is 10.4. The Morgan fingerprint density at radius 3 is 2.43 bits per heavy atom. The summed E-state index contributed by atoms with van der Waals surface area (Å²) in [5.74, 6) is 0.0148. The molecule has 0 aliphatic carbocycles. The number of hydrogen-bond acceptors (Lipinski definition) is 4. The lowest BCUT2D eigenvalue weighted by molar-refractivity contribution is -0.127. The van der Waals surface area contributed by atoms with E-state index in [9.17, 15) is 4.79 Å². The quantitative estimate of drug-likeness (QED) is 0.577. The molecule has 1 N–H and O–H groups in total. The number of nitrogens with zero attached hydrogens (tertiary/aromatic N) is 1. The van der Waals surface area contributed by atoms with Crippen LogP contribution in [0.4, 0.5) is 0 Å². The molecule has 0 atom stereocenters. The maximum absolute atomic E-state index is 11.2. The van der Waals surface area contributed by atoms with Crippen LogP contribution in [0.5, 0.6) is 0 Å². The van der Waals surface area contributed by atoms with Crippen LogP contribution in [0.25, 0.3) is 0 Å². The average molecular weight is 204 g/mol. The minimum absolute atomic E-state index is 0.0148. The molecule has 0 aromatic rings. The Morgan fingerprint density at radius 2 is 2.00 bits per heavy atom. The first-order chi connectivity index (χ1) is 6.63. The fraction of sp³-hybridized carbons (Fsp3) is 0.889. The van der Waals surface area contributed by atoms with E-state index in [2.05, 4.69) is 5.32 Å². The van der Waals surface area contributed by atoms with Gasteiger partial charge in [-0.25, -0.2) is 0 Å². The van der Waals surface area contributed by atoms with Gasteiger partial charge in [-0.2, -0.15) is 0 Å². The van der Waals surface area contributed by atoms with Crippen LogP contribution in [0.2, 0.25) is 0 Å². The Morgan fingerprint density at radius 1 is 1.43 bits per heavy atom. The molecular weight excluding hydrogens is 184 g/mol. The van der Waals surface area contributed by atoms with Crippen molar-refractivity contribution in [3.63, 3.8) is 0 Å². The van der Waals surface area contributed by atoms with E-state index in [4.69, 9.17) is 9.47 Å². The number of methoxy groups -OCH3 is 2. The van der Waals surface area contributed by atoms with Crippen LogP contribution >= 0.6 is 0 Å². The molecule has 0 heterocycles. The monoisotopic (exact) mass is 204 g/mol. The second-order valence-corrected chi connectivity index (χ2v) is 3.05. The van der Waals surface area contributed by atoms with E-state index in [0.717, 1.165) is 0 Å². The van der Waals surface area contributed by atoms with Crippen molar-refractivity contribution in [1.29, 1.82) is 0 Å². The van der Waals surface area contributed by atoms with Crippen molar-refractivity contribution in [2.75, 3.05) is 40.9 Å². The van der Waals surface area contributed by atoms with Crippen molar-refractivity contribution in [3.8, 4) is 0 Å². The highest BCUT2D eigenvalue weighted by Crippen LogP contribution is 1.94. The summed E-state index contributed by atoms with van der Waals surface area (Å²) in [6.07, 6.45) is -0.283. The normalized spacial score (nSPS) is 11.0. The highest BCUT2D eigenvalue weighted by Gasteiger charge is 2.11. The number of hydrogen-bond donors (Lipinski definition) is 1. The van der Waals surface area contributed by atoms with Gasteiger partial charge in [0, 0.05) is 27.3 Å². The molecule has 0 aromatic heterocycles. The van der Waals surface area contributed by atoms with Gasteiger partial charge < -0.3 is 14.8 Å². The molecule has 0 aromatic carbocycles. The third-order valence-corrected chi connectivity index (χ3v) is 1.77. The molecule has 0 spiro atoms. The lowest BCUT2D eigenvalue weighted by Crippen LogP contribution is -2.39. The maximum atomic E-state index is 11.2. The first-order valence-electron chi connectivity index (χ1n) is 4.64. The molecule has 0 rings (SSSR count). The van der Waals surface area contributed by atoms with Gasteiger partial charge in [0.2, 0.25) is 5.91 Å². The van der Waals surface area contributed by atoms with Gasteiger partial charge in [-0.3, -0.25) is 9.69 Å². The molecular formula is C9H20N2O3. The zero-order valence-electron chi connectivity index (χ0n) is 9.37. The Balaban J connectivity index is 3.72. The second-order valence-electron chi connectivity index (χ2n) is 3.05. The van der Waals surface area contributed by atoms with Crippen molar-refractivity contribution >= 4 is 5.91 Å². The first-order valence-corrected chi connectivity index (χ1v) is 4.64. The minimum Gasteiger partial charge on any atom is -0.355 e. The van der Waals surface area contributed by atoms with Crippen LogP contribution in [0.15, 0.2) is 0 Å². The number of ether oxygens (including phenoxy) is 2. The molecule has 84 valence electrons. The second kappa shape index (κ2) is 7.73. The fourth-order valence-electron chi connectivity index (χ4n) is 1.06. The molecule has 0 radical (unpaired) electrons. The number of rotatable bonds is 7. The minimum atomic E-state index is -0.283. The summed E-state index contributed by atoms with van der Waals surface area (Å²) < 4.78 is 10.0. The van der Waals surface area contributed by atoms with Crippen LogP contribution in [0.1, 0.15) is 6.92 Å². The van der Waals surface area contributed by atoms with Gasteiger partial charge in [-0.1, -0.05) is 0 Å². The third-order valence-electron chi connectivity index (χ3n) is 1.77. The van der Waals surface area contributed by atoms with E-state index in [1.807, 2.05) is 18.9 Å². The standard InChI is InChI=1S/C9H20N2O3/c1-5-10-8(12)6-11(2)7-9(13-3)14-4/h9H,5-7H2,1-4H3,(H,10,12). The van der Waals surface area contributed by atoms with Crippen molar-refractivity contribution in [2.45, 2.75) is 13.2 Å². The third kappa shape index (κ3) is 5.90. The van der Waals surface area contributed by atoms with Gasteiger partial charge in [0.15, 0.2) is 6.29 Å². The molecule has 0 saturated heterocycles. The number of carbonyl (C=O) groups is 1. The van der Waals surface area contributed by atoms with Crippen LogP contribution < -0.4 is 5.32 Å². The van der Waals surface area contributed by atoms with Crippen molar-refractivity contribution in [1.82, 2.24) is 10.2 Å². The SMILES string of the molecule is CCNC(=O)CN(C)CC(OC)OC. The lowest BCUT2D eigenvalue weighted by Gasteiger charge is -2.21. The van der Waals surface area contributed by atoms with Gasteiger partial charge in [0.25, 0.3) is 0 Å². The van der Waals surface area contributed by atoms with Crippen molar-refractivity contribution in [3.05, 3.63) is 0 Å². The van der Waals surface area contributed by atoms with Crippen LogP contribution in [-0.2, 0) is 14.3 Å². The summed E-state index contributed by atoms with van der Waals surface area (Å²) in [7, 11) is 5.00. The Hall–Kier alpha value is -0.650. The molecule has 5 heteroatoms. The molecule has 5 nitrogen and oxygen atoms in total. The van der Waals surface area contributed by atoms with E-state index < -0.39 is 0 Å². The maximum Gasteiger partial charge on any atom is 0.234 e. The van der Waals surface area contributed by atoms with Crippen molar-refractivity contribution < 1.29 is 14.3 Å². The number of nitrogens with one attached hydrogen (secondary N) is 1. The van der Waals surface area contributed by atoms with Crippen LogP contribution in [0, 0.1) is 0 Å². The number of amides is 1. The highest BCUT2D eigenvalue weighted by molar-refractivity contribution is 5.77. The predicted molar refractivity (Wildman–Crippen MR) is 54.0 cm³/mol. The highest BCUT2D eigenvalue weighted by atomic mass is 16.7. The number of likely N-dealkylation sites (N-methyl/N-ethyl adjacent to an activating group) is 2. The zero-order valence-corrected chi connectivity index (χ0v) is 9.37. The smallest absolute Gasteiger partial charge is 0.234 e. The average Bonchev–Trinajstić information content (AvgIpc) is 2.14. The number of carbonyl (C=O) groups excluding carboxylic acids is 1. The summed E-state index contributed by atoms with van der Waals surface area (Å²) >= 11 is 0. The van der Waals surface area contributed by atoms with Gasteiger partial charge in [0.1, 0.15) is 0 Å². The van der Waals surface area contributed by atoms with E-state index >= 15 is 0 Å². The van der Waals surface area contributed by atoms with Crippen molar-refractivity contribution in [2.24, 2.45) is 0 Å². The van der Waals surface area contributed by atoms with E-state index in [1.54, 1.807) is 14.2 Å². The molecule has 0 saturated carbocycles.